The van der Waals surface area contributed by atoms with Crippen molar-refractivity contribution in [3.63, 3.8) is 0 Å². The fourth-order valence-electron chi connectivity index (χ4n) is 4.52. The Hall–Kier alpha value is -1.55. The van der Waals surface area contributed by atoms with Crippen LogP contribution in [0.3, 0.4) is 0 Å². The van der Waals surface area contributed by atoms with Crippen molar-refractivity contribution in [3.05, 3.63) is 35.9 Å². The van der Waals surface area contributed by atoms with Crippen LogP contribution in [0.15, 0.2) is 30.3 Å². The highest BCUT2D eigenvalue weighted by Crippen LogP contribution is 2.66. The molecule has 1 heterocycles. The first kappa shape index (κ1) is 15.9. The van der Waals surface area contributed by atoms with Crippen LogP contribution in [-0.2, 0) is 16.1 Å². The SMILES string of the molecule is CC(C)(C)OC(=O)N1CC2(C1)C(OCc1ccccc1)CC1CC12. The zero-order valence-electron chi connectivity index (χ0n) is 14.8. The Balaban J connectivity index is 1.37. The number of hydrogen-bond acceptors (Lipinski definition) is 3. The van der Waals surface area contributed by atoms with Crippen molar-refractivity contribution in [1.82, 2.24) is 4.90 Å². The van der Waals surface area contributed by atoms with Gasteiger partial charge in [0, 0.05) is 18.5 Å². The van der Waals surface area contributed by atoms with E-state index in [0.29, 0.717) is 6.61 Å². The zero-order valence-corrected chi connectivity index (χ0v) is 14.8. The van der Waals surface area contributed by atoms with E-state index in [1.807, 2.05) is 43.9 Å². The first-order valence-corrected chi connectivity index (χ1v) is 9.01. The zero-order chi connectivity index (χ0) is 16.9. The molecule has 1 aromatic carbocycles. The molecule has 4 heteroatoms. The highest BCUT2D eigenvalue weighted by molar-refractivity contribution is 5.69. The summed E-state index contributed by atoms with van der Waals surface area (Å²) in [4.78, 5) is 14.1. The maximum absolute atomic E-state index is 12.3. The second-order valence-electron chi connectivity index (χ2n) is 8.69. The molecule has 1 aliphatic heterocycles. The standard InChI is InChI=1S/C20H27NO3/c1-19(2,3)24-18(22)21-12-20(13-21)16-9-15(16)10-17(20)23-11-14-7-5-4-6-8-14/h4-8,15-17H,9-13H2,1-3H3. The fourth-order valence-corrected chi connectivity index (χ4v) is 4.52. The van der Waals surface area contributed by atoms with E-state index in [1.165, 1.54) is 12.0 Å². The van der Waals surface area contributed by atoms with Gasteiger partial charge in [-0.1, -0.05) is 30.3 Å². The Morgan fingerprint density at radius 2 is 1.92 bits per heavy atom. The van der Waals surface area contributed by atoms with Crippen molar-refractivity contribution in [2.75, 3.05) is 13.1 Å². The molecule has 3 unspecified atom stereocenters. The molecule has 1 amide bonds. The second kappa shape index (κ2) is 5.48. The predicted octanol–water partition coefficient (Wildman–Crippen LogP) is 3.85. The quantitative estimate of drug-likeness (QED) is 0.845. The van der Waals surface area contributed by atoms with Crippen LogP contribution in [0.2, 0.25) is 0 Å². The van der Waals surface area contributed by atoms with E-state index in [1.54, 1.807) is 0 Å². The summed E-state index contributed by atoms with van der Waals surface area (Å²) in [6.07, 6.45) is 2.56. The highest BCUT2D eigenvalue weighted by Gasteiger charge is 2.68. The second-order valence-corrected chi connectivity index (χ2v) is 8.69. The average molecular weight is 329 g/mol. The van der Waals surface area contributed by atoms with Gasteiger partial charge in [0.15, 0.2) is 0 Å². The normalized spacial score (nSPS) is 30.0. The van der Waals surface area contributed by atoms with Crippen LogP contribution < -0.4 is 0 Å². The Kier molecular flexibility index (Phi) is 3.64. The lowest BCUT2D eigenvalue weighted by Gasteiger charge is -2.52. The highest BCUT2D eigenvalue weighted by atomic mass is 16.6. The largest absolute Gasteiger partial charge is 0.444 e. The number of hydrogen-bond donors (Lipinski definition) is 0. The number of carbonyl (C=O) groups excluding carboxylic acids is 1. The lowest BCUT2D eigenvalue weighted by atomic mass is 9.73. The number of fused-ring (bicyclic) bond motifs is 2. The molecule has 130 valence electrons. The van der Waals surface area contributed by atoms with E-state index in [0.717, 1.165) is 31.3 Å². The monoisotopic (exact) mass is 329 g/mol. The van der Waals surface area contributed by atoms with Crippen molar-refractivity contribution < 1.29 is 14.3 Å². The Bertz CT molecular complexity index is 616. The van der Waals surface area contributed by atoms with Crippen molar-refractivity contribution in [2.24, 2.45) is 17.3 Å². The van der Waals surface area contributed by atoms with E-state index in [9.17, 15) is 4.79 Å². The number of carbonyl (C=O) groups is 1. The Labute approximate surface area is 144 Å². The number of nitrogens with zero attached hydrogens (tertiary/aromatic N) is 1. The van der Waals surface area contributed by atoms with Gasteiger partial charge >= 0.3 is 6.09 Å². The van der Waals surface area contributed by atoms with Gasteiger partial charge in [-0.05, 0) is 51.0 Å². The third-order valence-electron chi connectivity index (χ3n) is 5.74. The molecule has 0 bridgehead atoms. The number of benzene rings is 1. The lowest BCUT2D eigenvalue weighted by Crippen LogP contribution is -2.64. The summed E-state index contributed by atoms with van der Waals surface area (Å²) in [6.45, 7) is 8.00. The number of ether oxygens (including phenoxy) is 2. The minimum atomic E-state index is -0.430. The molecule has 1 aromatic rings. The molecule has 0 N–H and O–H groups in total. The minimum absolute atomic E-state index is 0.177. The molecule has 0 aromatic heterocycles. The Morgan fingerprint density at radius 1 is 1.21 bits per heavy atom. The summed E-state index contributed by atoms with van der Waals surface area (Å²) in [5, 5.41) is 0. The van der Waals surface area contributed by atoms with Gasteiger partial charge in [0.1, 0.15) is 5.60 Å². The number of rotatable bonds is 3. The van der Waals surface area contributed by atoms with Gasteiger partial charge in [0.2, 0.25) is 0 Å². The smallest absolute Gasteiger partial charge is 0.410 e. The Morgan fingerprint density at radius 3 is 2.58 bits per heavy atom. The first-order chi connectivity index (χ1) is 11.4. The van der Waals surface area contributed by atoms with Crippen LogP contribution >= 0.6 is 0 Å². The van der Waals surface area contributed by atoms with Gasteiger partial charge in [0.25, 0.3) is 0 Å². The predicted molar refractivity (Wildman–Crippen MR) is 91.5 cm³/mol. The fraction of sp³-hybridized carbons (Fsp3) is 0.650. The average Bonchev–Trinajstić information content (AvgIpc) is 3.16. The molecule has 2 saturated carbocycles. The molecule has 1 saturated heterocycles. The van der Waals surface area contributed by atoms with E-state index < -0.39 is 5.60 Å². The third kappa shape index (κ3) is 2.81. The van der Waals surface area contributed by atoms with Crippen LogP contribution in [-0.4, -0.2) is 35.8 Å². The summed E-state index contributed by atoms with van der Waals surface area (Å²) < 4.78 is 11.8. The van der Waals surface area contributed by atoms with Crippen molar-refractivity contribution in [3.8, 4) is 0 Å². The molecule has 3 fully saturated rings. The lowest BCUT2D eigenvalue weighted by molar-refractivity contribution is -0.122. The molecular formula is C20H27NO3. The van der Waals surface area contributed by atoms with E-state index in [2.05, 4.69) is 12.1 Å². The summed E-state index contributed by atoms with van der Waals surface area (Å²) in [5.41, 5.74) is 0.966. The maximum atomic E-state index is 12.3. The topological polar surface area (TPSA) is 38.8 Å². The summed E-state index contributed by atoms with van der Waals surface area (Å²) in [5.74, 6) is 1.56. The summed E-state index contributed by atoms with van der Waals surface area (Å²) >= 11 is 0. The van der Waals surface area contributed by atoms with Crippen LogP contribution in [0.5, 0.6) is 0 Å². The minimum Gasteiger partial charge on any atom is -0.444 e. The van der Waals surface area contributed by atoms with Crippen LogP contribution in [0.25, 0.3) is 0 Å². The summed E-state index contributed by atoms with van der Waals surface area (Å²) in [7, 11) is 0. The molecule has 1 spiro atoms. The maximum Gasteiger partial charge on any atom is 0.410 e. The van der Waals surface area contributed by atoms with Crippen LogP contribution in [0, 0.1) is 17.3 Å². The molecule has 4 nitrogen and oxygen atoms in total. The van der Waals surface area contributed by atoms with Gasteiger partial charge < -0.3 is 14.4 Å². The molecule has 0 radical (unpaired) electrons. The molecule has 4 rings (SSSR count). The number of likely N-dealkylation sites (tertiary alicyclic amines) is 1. The molecule has 2 aliphatic carbocycles. The molecule has 3 aliphatic rings. The van der Waals surface area contributed by atoms with E-state index >= 15 is 0 Å². The van der Waals surface area contributed by atoms with Crippen LogP contribution in [0.4, 0.5) is 4.79 Å². The van der Waals surface area contributed by atoms with Gasteiger partial charge in [-0.25, -0.2) is 4.79 Å². The number of amides is 1. The van der Waals surface area contributed by atoms with Gasteiger partial charge in [-0.3, -0.25) is 0 Å². The summed E-state index contributed by atoms with van der Waals surface area (Å²) in [6, 6.07) is 10.3. The van der Waals surface area contributed by atoms with Gasteiger partial charge in [0.05, 0.1) is 12.7 Å². The van der Waals surface area contributed by atoms with Crippen molar-refractivity contribution >= 4 is 6.09 Å². The third-order valence-corrected chi connectivity index (χ3v) is 5.74. The van der Waals surface area contributed by atoms with Crippen LogP contribution in [0.1, 0.15) is 39.2 Å². The van der Waals surface area contributed by atoms with E-state index in [4.69, 9.17) is 9.47 Å². The first-order valence-electron chi connectivity index (χ1n) is 9.01. The molecular weight excluding hydrogens is 302 g/mol. The van der Waals surface area contributed by atoms with Crippen molar-refractivity contribution in [1.29, 1.82) is 0 Å². The van der Waals surface area contributed by atoms with E-state index in [-0.39, 0.29) is 17.6 Å². The molecule has 24 heavy (non-hydrogen) atoms. The molecule has 3 atom stereocenters. The van der Waals surface area contributed by atoms with Gasteiger partial charge in [-0.15, -0.1) is 0 Å². The van der Waals surface area contributed by atoms with Crippen molar-refractivity contribution in [2.45, 2.75) is 51.9 Å². The van der Waals surface area contributed by atoms with Gasteiger partial charge in [-0.2, -0.15) is 0 Å².